The summed E-state index contributed by atoms with van der Waals surface area (Å²) in [5, 5.41) is 18.1. The number of benzene rings is 1. The fraction of sp³-hybridized carbons (Fsp3) is 0.522. The zero-order chi connectivity index (χ0) is 22.3. The molecule has 0 amide bonds. The van der Waals surface area contributed by atoms with E-state index in [1.807, 2.05) is 25.1 Å². The first-order valence-electron chi connectivity index (χ1n) is 10.6. The molecule has 0 aliphatic carbocycles. The van der Waals surface area contributed by atoms with Gasteiger partial charge in [0.2, 0.25) is 0 Å². The van der Waals surface area contributed by atoms with Gasteiger partial charge < -0.3 is 29.6 Å². The fourth-order valence-corrected chi connectivity index (χ4v) is 4.06. The number of halogens is 1. The molecule has 1 atom stereocenters. The molecule has 2 aromatic rings. The van der Waals surface area contributed by atoms with Crippen LogP contribution in [0.25, 0.3) is 0 Å². The summed E-state index contributed by atoms with van der Waals surface area (Å²) in [5.74, 6) is 1.92. The van der Waals surface area contributed by atoms with Gasteiger partial charge in [-0.25, -0.2) is 4.99 Å². The van der Waals surface area contributed by atoms with Crippen LogP contribution in [-0.2, 0) is 15.8 Å². The predicted octanol–water partition coefficient (Wildman–Crippen LogP) is 3.45. The molecule has 8 heteroatoms. The first kappa shape index (κ1) is 23.4. The predicted molar refractivity (Wildman–Crippen MR) is 122 cm³/mol. The maximum Gasteiger partial charge on any atom is 0.191 e. The monoisotopic (exact) mass is 449 g/mol. The largest absolute Gasteiger partial charge is 0.496 e. The number of furan rings is 1. The highest BCUT2D eigenvalue weighted by atomic mass is 35.5. The number of hydrogen-bond acceptors (Lipinski definition) is 5. The Morgan fingerprint density at radius 3 is 2.71 bits per heavy atom. The second-order valence-corrected chi connectivity index (χ2v) is 8.47. The summed E-state index contributed by atoms with van der Waals surface area (Å²) >= 11 is 6.34. The lowest BCUT2D eigenvalue weighted by atomic mass is 9.73. The van der Waals surface area contributed by atoms with Gasteiger partial charge in [-0.2, -0.15) is 0 Å². The number of nitrogens with zero attached hydrogens (tertiary/aromatic N) is 1. The van der Waals surface area contributed by atoms with E-state index in [-0.39, 0.29) is 12.0 Å². The van der Waals surface area contributed by atoms with Gasteiger partial charge >= 0.3 is 0 Å². The third kappa shape index (κ3) is 5.73. The lowest BCUT2D eigenvalue weighted by Crippen LogP contribution is -2.48. The van der Waals surface area contributed by atoms with Crippen LogP contribution in [0, 0.1) is 0 Å². The second-order valence-electron chi connectivity index (χ2n) is 8.04. The quantitative estimate of drug-likeness (QED) is 0.422. The summed E-state index contributed by atoms with van der Waals surface area (Å²) in [6.07, 6.45) is 3.21. The van der Waals surface area contributed by atoms with E-state index < -0.39 is 5.60 Å². The van der Waals surface area contributed by atoms with Crippen molar-refractivity contribution in [2.45, 2.75) is 37.7 Å². The molecular formula is C23H32ClN3O4. The van der Waals surface area contributed by atoms with Crippen LogP contribution in [0.4, 0.5) is 0 Å². The number of guanidine groups is 1. The van der Waals surface area contributed by atoms with Gasteiger partial charge in [-0.1, -0.05) is 11.6 Å². The summed E-state index contributed by atoms with van der Waals surface area (Å²) in [4.78, 5) is 4.61. The molecule has 0 spiro atoms. The molecule has 0 radical (unpaired) electrons. The molecule has 170 valence electrons. The number of methoxy groups -OCH3 is 1. The van der Waals surface area contributed by atoms with Gasteiger partial charge in [0.1, 0.15) is 17.1 Å². The molecule has 1 fully saturated rings. The van der Waals surface area contributed by atoms with E-state index in [0.29, 0.717) is 43.0 Å². The van der Waals surface area contributed by atoms with Gasteiger partial charge in [0.15, 0.2) is 5.96 Å². The summed E-state index contributed by atoms with van der Waals surface area (Å²) < 4.78 is 16.7. The third-order valence-electron chi connectivity index (χ3n) is 5.72. The van der Waals surface area contributed by atoms with Crippen LogP contribution in [-0.4, -0.2) is 51.0 Å². The van der Waals surface area contributed by atoms with Crippen LogP contribution < -0.4 is 15.4 Å². The van der Waals surface area contributed by atoms with E-state index in [4.69, 9.17) is 25.5 Å². The van der Waals surface area contributed by atoms with E-state index in [1.165, 1.54) is 0 Å². The molecule has 31 heavy (non-hydrogen) atoms. The van der Waals surface area contributed by atoms with Crippen molar-refractivity contribution < 1.29 is 19.0 Å². The van der Waals surface area contributed by atoms with Crippen molar-refractivity contribution in [1.29, 1.82) is 0 Å². The van der Waals surface area contributed by atoms with E-state index >= 15 is 0 Å². The molecule has 1 aromatic heterocycles. The topological polar surface area (TPSA) is 88.3 Å². The lowest BCUT2D eigenvalue weighted by Gasteiger charge is -2.39. The van der Waals surface area contributed by atoms with Crippen molar-refractivity contribution in [2.24, 2.45) is 4.99 Å². The Hall–Kier alpha value is -2.22. The van der Waals surface area contributed by atoms with Crippen LogP contribution in [0.2, 0.25) is 5.02 Å². The molecule has 1 aliphatic heterocycles. The van der Waals surface area contributed by atoms with Crippen LogP contribution in [0.15, 0.2) is 46.0 Å². The van der Waals surface area contributed by atoms with Gasteiger partial charge in [-0.3, -0.25) is 0 Å². The fourth-order valence-electron chi connectivity index (χ4n) is 3.89. The first-order valence-corrected chi connectivity index (χ1v) is 11.0. The zero-order valence-corrected chi connectivity index (χ0v) is 19.2. The highest BCUT2D eigenvalue weighted by Crippen LogP contribution is 2.40. The maximum absolute atomic E-state index is 10.7. The normalized spacial score (nSPS) is 18.3. The lowest BCUT2D eigenvalue weighted by molar-refractivity contribution is 0.0435. The van der Waals surface area contributed by atoms with Crippen LogP contribution in [0.5, 0.6) is 5.75 Å². The average molecular weight is 450 g/mol. The number of hydrogen-bond donors (Lipinski definition) is 3. The van der Waals surface area contributed by atoms with E-state index in [9.17, 15) is 5.11 Å². The van der Waals surface area contributed by atoms with Gasteiger partial charge in [0, 0.05) is 42.3 Å². The van der Waals surface area contributed by atoms with Crippen molar-refractivity contribution in [3.63, 3.8) is 0 Å². The molecular weight excluding hydrogens is 418 g/mol. The second kappa shape index (κ2) is 10.4. The van der Waals surface area contributed by atoms with Crippen LogP contribution in [0.3, 0.4) is 0 Å². The molecule has 1 unspecified atom stereocenters. The third-order valence-corrected chi connectivity index (χ3v) is 5.95. The number of aliphatic imine (C=N–C) groups is 1. The summed E-state index contributed by atoms with van der Waals surface area (Å²) in [7, 11) is 1.68. The minimum Gasteiger partial charge on any atom is -0.496 e. The van der Waals surface area contributed by atoms with Crippen LogP contribution >= 0.6 is 11.6 Å². The molecule has 1 aromatic carbocycles. The molecule has 7 nitrogen and oxygen atoms in total. The number of ether oxygens (including phenoxy) is 2. The summed E-state index contributed by atoms with van der Waals surface area (Å²) in [6.45, 7) is 6.51. The van der Waals surface area contributed by atoms with Gasteiger partial charge in [0.05, 0.1) is 19.9 Å². The van der Waals surface area contributed by atoms with E-state index in [1.54, 1.807) is 32.4 Å². The van der Waals surface area contributed by atoms with Crippen LogP contribution in [0.1, 0.15) is 38.0 Å². The number of aliphatic hydroxyl groups is 1. The Morgan fingerprint density at radius 1 is 1.29 bits per heavy atom. The molecule has 2 heterocycles. The molecule has 1 saturated heterocycles. The first-order chi connectivity index (χ1) is 14.9. The number of rotatable bonds is 8. The van der Waals surface area contributed by atoms with Gasteiger partial charge in [-0.05, 0) is 57.0 Å². The Bertz CT molecular complexity index is 862. The minimum absolute atomic E-state index is 0.159. The minimum atomic E-state index is -1.20. The summed E-state index contributed by atoms with van der Waals surface area (Å²) in [6, 6.07) is 9.24. The van der Waals surface area contributed by atoms with Crippen molar-refractivity contribution in [3.05, 3.63) is 52.9 Å². The Labute approximate surface area is 188 Å². The smallest absolute Gasteiger partial charge is 0.191 e. The highest BCUT2D eigenvalue weighted by molar-refractivity contribution is 6.30. The SMILES string of the molecule is CCNC(=NCC(C)(O)c1ccco1)NCC1(c2cc(Cl)ccc2OC)CCOCC1. The molecule has 0 bridgehead atoms. The maximum atomic E-state index is 10.7. The molecule has 3 N–H and O–H groups in total. The van der Waals surface area contributed by atoms with Gasteiger partial charge in [-0.15, -0.1) is 0 Å². The molecule has 0 saturated carbocycles. The average Bonchev–Trinajstić information content (AvgIpc) is 3.32. The van der Waals surface area contributed by atoms with Crippen molar-refractivity contribution in [1.82, 2.24) is 10.6 Å². The van der Waals surface area contributed by atoms with E-state index in [0.717, 1.165) is 24.2 Å². The summed E-state index contributed by atoms with van der Waals surface area (Å²) in [5.41, 5.74) is -0.344. The van der Waals surface area contributed by atoms with Crippen molar-refractivity contribution >= 4 is 17.6 Å². The van der Waals surface area contributed by atoms with E-state index in [2.05, 4.69) is 15.6 Å². The van der Waals surface area contributed by atoms with Crippen molar-refractivity contribution in [3.8, 4) is 5.75 Å². The molecule has 3 rings (SSSR count). The standard InChI is InChI=1S/C23H32ClN3O4/c1-4-25-21(26-15-22(2,28)20-6-5-11-31-20)27-16-23(9-12-30-13-10-23)18-14-17(24)7-8-19(18)29-3/h5-8,11,14,28H,4,9-10,12-13,15-16H2,1-3H3,(H2,25,26,27). The Morgan fingerprint density at radius 2 is 2.06 bits per heavy atom. The molecule has 1 aliphatic rings. The highest BCUT2D eigenvalue weighted by Gasteiger charge is 2.37. The Balaban J connectivity index is 1.81. The Kier molecular flexibility index (Phi) is 7.86. The number of nitrogens with one attached hydrogen (secondary N) is 2. The van der Waals surface area contributed by atoms with Crippen molar-refractivity contribution in [2.75, 3.05) is 40.0 Å². The zero-order valence-electron chi connectivity index (χ0n) is 18.4. The van der Waals surface area contributed by atoms with Gasteiger partial charge in [0.25, 0.3) is 0 Å².